The molecule has 0 aromatic heterocycles. The molecule has 1 aliphatic rings. The molecule has 1 aromatic rings. The molecule has 0 amide bonds. The minimum atomic E-state index is 0.111. The number of carbonyl (C=O) groups excluding carboxylic acids is 1. The molecule has 1 aliphatic heterocycles. The highest BCUT2D eigenvalue weighted by atomic mass is 16.5. The number of unbranched alkanes of at least 4 members (excludes halogenated alkanes) is 2. The van der Waals surface area contributed by atoms with E-state index < -0.39 is 0 Å². The maximum atomic E-state index is 11.3. The maximum absolute atomic E-state index is 11.3. The fraction of sp³-hybridized carbons (Fsp3) is 0.438. The summed E-state index contributed by atoms with van der Waals surface area (Å²) in [6, 6.07) is 5.70. The predicted octanol–water partition coefficient (Wildman–Crippen LogP) is 3.94. The van der Waals surface area contributed by atoms with Crippen molar-refractivity contribution in [1.29, 1.82) is 0 Å². The third-order valence-corrected chi connectivity index (χ3v) is 3.24. The molecule has 0 fully saturated rings. The Labute approximate surface area is 109 Å². The molecular formula is C16H20O2. The summed E-state index contributed by atoms with van der Waals surface area (Å²) in [6.07, 6.45) is 8.92. The van der Waals surface area contributed by atoms with Crippen molar-refractivity contribution in [2.75, 3.05) is 0 Å². The first kappa shape index (κ1) is 12.9. The highest BCUT2D eigenvalue weighted by molar-refractivity contribution is 5.94. The summed E-state index contributed by atoms with van der Waals surface area (Å²) in [5.41, 5.74) is 1.92. The molecule has 1 heterocycles. The van der Waals surface area contributed by atoms with Crippen LogP contribution in [-0.2, 0) is 6.42 Å². The first-order chi connectivity index (χ1) is 8.70. The van der Waals surface area contributed by atoms with Crippen LogP contribution in [0.3, 0.4) is 0 Å². The van der Waals surface area contributed by atoms with Crippen LogP contribution in [0.4, 0.5) is 0 Å². The second kappa shape index (κ2) is 5.85. The van der Waals surface area contributed by atoms with Gasteiger partial charge < -0.3 is 4.74 Å². The normalized spacial score (nSPS) is 17.8. The fourth-order valence-electron chi connectivity index (χ4n) is 2.17. The molecule has 0 saturated heterocycles. The van der Waals surface area contributed by atoms with Gasteiger partial charge >= 0.3 is 0 Å². The predicted molar refractivity (Wildman–Crippen MR) is 73.2 cm³/mol. The van der Waals surface area contributed by atoms with Crippen LogP contribution in [0.15, 0.2) is 30.4 Å². The fourth-order valence-corrected chi connectivity index (χ4v) is 2.17. The average molecular weight is 244 g/mol. The van der Waals surface area contributed by atoms with Gasteiger partial charge in [-0.05, 0) is 43.2 Å². The number of Topliss-reactive ketones (excluding diaryl/α,β-unsaturated/α-hetero) is 1. The lowest BCUT2D eigenvalue weighted by Gasteiger charge is -2.04. The molecule has 0 bridgehead atoms. The lowest BCUT2D eigenvalue weighted by molar-refractivity contribution is 0.101. The Morgan fingerprint density at radius 3 is 3.06 bits per heavy atom. The van der Waals surface area contributed by atoms with Crippen molar-refractivity contribution in [3.8, 4) is 5.75 Å². The summed E-state index contributed by atoms with van der Waals surface area (Å²) in [7, 11) is 0. The van der Waals surface area contributed by atoms with Crippen LogP contribution in [0.5, 0.6) is 5.75 Å². The number of rotatable bonds is 5. The van der Waals surface area contributed by atoms with Gasteiger partial charge in [0.05, 0.1) is 0 Å². The van der Waals surface area contributed by atoms with Gasteiger partial charge in [0, 0.05) is 12.0 Å². The second-order valence-corrected chi connectivity index (χ2v) is 4.81. The highest BCUT2D eigenvalue weighted by Gasteiger charge is 2.21. The van der Waals surface area contributed by atoms with E-state index in [1.165, 1.54) is 12.8 Å². The van der Waals surface area contributed by atoms with E-state index in [-0.39, 0.29) is 11.9 Å². The highest BCUT2D eigenvalue weighted by Crippen LogP contribution is 2.30. The molecule has 1 unspecified atom stereocenters. The number of hydrogen-bond donors (Lipinski definition) is 0. The Morgan fingerprint density at radius 1 is 1.50 bits per heavy atom. The van der Waals surface area contributed by atoms with E-state index in [4.69, 9.17) is 4.74 Å². The van der Waals surface area contributed by atoms with E-state index in [0.29, 0.717) is 0 Å². The van der Waals surface area contributed by atoms with E-state index >= 15 is 0 Å². The molecule has 2 heteroatoms. The summed E-state index contributed by atoms with van der Waals surface area (Å²) in [4.78, 5) is 11.3. The van der Waals surface area contributed by atoms with Crippen molar-refractivity contribution in [3.05, 3.63) is 41.5 Å². The van der Waals surface area contributed by atoms with Crippen LogP contribution in [0.25, 0.3) is 0 Å². The number of fused-ring (bicyclic) bond motifs is 1. The van der Waals surface area contributed by atoms with Crippen molar-refractivity contribution in [2.24, 2.45) is 0 Å². The molecule has 0 saturated carbocycles. The van der Waals surface area contributed by atoms with Crippen LogP contribution in [0, 0.1) is 0 Å². The third kappa shape index (κ3) is 3.00. The minimum absolute atomic E-state index is 0.111. The van der Waals surface area contributed by atoms with Gasteiger partial charge in [-0.15, -0.1) is 0 Å². The third-order valence-electron chi connectivity index (χ3n) is 3.24. The Kier molecular flexibility index (Phi) is 4.19. The lowest BCUT2D eigenvalue weighted by atomic mass is 10.0. The van der Waals surface area contributed by atoms with E-state index in [9.17, 15) is 4.79 Å². The standard InChI is InChI=1S/C16H20O2/c1-3-4-5-6-7-15-11-14-10-13(12(2)17)8-9-16(14)18-15/h6-10,15H,3-5,11H2,1-2H3/b7-6+. The minimum Gasteiger partial charge on any atom is -0.486 e. The Morgan fingerprint density at radius 2 is 2.33 bits per heavy atom. The first-order valence-corrected chi connectivity index (χ1v) is 6.68. The smallest absolute Gasteiger partial charge is 0.159 e. The number of ketones is 1. The Bertz CT molecular complexity index is 460. The van der Waals surface area contributed by atoms with Gasteiger partial charge in [-0.2, -0.15) is 0 Å². The largest absolute Gasteiger partial charge is 0.486 e. The van der Waals surface area contributed by atoms with E-state index in [1.54, 1.807) is 6.92 Å². The molecule has 2 nitrogen and oxygen atoms in total. The molecule has 96 valence electrons. The average Bonchev–Trinajstić information content (AvgIpc) is 2.76. The first-order valence-electron chi connectivity index (χ1n) is 6.68. The van der Waals surface area contributed by atoms with Crippen LogP contribution in [0.2, 0.25) is 0 Å². The van der Waals surface area contributed by atoms with Crippen LogP contribution in [0.1, 0.15) is 49.0 Å². The van der Waals surface area contributed by atoms with Gasteiger partial charge in [0.25, 0.3) is 0 Å². The number of ether oxygens (including phenoxy) is 1. The zero-order chi connectivity index (χ0) is 13.0. The summed E-state index contributed by atoms with van der Waals surface area (Å²) < 4.78 is 5.82. The Hall–Kier alpha value is -1.57. The van der Waals surface area contributed by atoms with Crippen LogP contribution >= 0.6 is 0 Å². The van der Waals surface area contributed by atoms with Gasteiger partial charge in [0.2, 0.25) is 0 Å². The van der Waals surface area contributed by atoms with Crippen LogP contribution in [-0.4, -0.2) is 11.9 Å². The topological polar surface area (TPSA) is 26.3 Å². The number of allylic oxidation sites excluding steroid dienone is 1. The van der Waals surface area contributed by atoms with Crippen LogP contribution < -0.4 is 4.74 Å². The zero-order valence-corrected chi connectivity index (χ0v) is 11.1. The molecule has 1 aromatic carbocycles. The van der Waals surface area contributed by atoms with Crippen molar-refractivity contribution in [3.63, 3.8) is 0 Å². The quantitative estimate of drug-likeness (QED) is 0.445. The van der Waals surface area contributed by atoms with E-state index in [0.717, 1.165) is 29.7 Å². The van der Waals surface area contributed by atoms with Crippen molar-refractivity contribution >= 4 is 5.78 Å². The summed E-state index contributed by atoms with van der Waals surface area (Å²) in [6.45, 7) is 3.79. The lowest BCUT2D eigenvalue weighted by Crippen LogP contribution is -2.08. The summed E-state index contributed by atoms with van der Waals surface area (Å²) in [5, 5.41) is 0. The van der Waals surface area contributed by atoms with Gasteiger partial charge in [-0.25, -0.2) is 0 Å². The molecule has 18 heavy (non-hydrogen) atoms. The van der Waals surface area contributed by atoms with Gasteiger partial charge in [0.15, 0.2) is 5.78 Å². The molecule has 1 atom stereocenters. The van der Waals surface area contributed by atoms with Gasteiger partial charge in [-0.1, -0.05) is 25.8 Å². The van der Waals surface area contributed by atoms with Crippen molar-refractivity contribution in [1.82, 2.24) is 0 Å². The Balaban J connectivity index is 1.99. The molecule has 0 aliphatic carbocycles. The van der Waals surface area contributed by atoms with Gasteiger partial charge in [0.1, 0.15) is 11.9 Å². The number of carbonyl (C=O) groups is 1. The molecular weight excluding hydrogens is 224 g/mol. The van der Waals surface area contributed by atoms with Gasteiger partial charge in [-0.3, -0.25) is 4.79 Å². The zero-order valence-electron chi connectivity index (χ0n) is 11.1. The SMILES string of the molecule is CCCC/C=C/C1Cc2cc(C(C)=O)ccc2O1. The second-order valence-electron chi connectivity index (χ2n) is 4.81. The number of benzene rings is 1. The molecule has 2 rings (SSSR count). The maximum Gasteiger partial charge on any atom is 0.159 e. The van der Waals surface area contributed by atoms with Crippen molar-refractivity contribution in [2.45, 2.75) is 45.6 Å². The van der Waals surface area contributed by atoms with E-state index in [2.05, 4.69) is 19.1 Å². The summed E-state index contributed by atoms with van der Waals surface area (Å²) >= 11 is 0. The molecule has 0 spiro atoms. The van der Waals surface area contributed by atoms with E-state index in [1.807, 2.05) is 18.2 Å². The molecule has 0 radical (unpaired) electrons. The van der Waals surface area contributed by atoms with Crippen molar-refractivity contribution < 1.29 is 9.53 Å². The summed E-state index contributed by atoms with van der Waals surface area (Å²) in [5.74, 6) is 1.03. The monoisotopic (exact) mass is 244 g/mol. The number of hydrogen-bond acceptors (Lipinski definition) is 2. The molecule has 0 N–H and O–H groups in total.